The predicted molar refractivity (Wildman–Crippen MR) is 80.4 cm³/mol. The summed E-state index contributed by atoms with van der Waals surface area (Å²) in [5, 5.41) is 0. The van der Waals surface area contributed by atoms with E-state index in [0.29, 0.717) is 25.7 Å². The molecule has 116 valence electrons. The fourth-order valence-electron chi connectivity index (χ4n) is 1.96. The van der Waals surface area contributed by atoms with Crippen LogP contribution in [0.15, 0.2) is 34.2 Å². The van der Waals surface area contributed by atoms with Gasteiger partial charge < -0.3 is 15.4 Å². The lowest BCUT2D eigenvalue weighted by molar-refractivity contribution is 0.0674. The van der Waals surface area contributed by atoms with Crippen molar-refractivity contribution >= 4 is 16.0 Å². The number of aliphatic imine (C=N–C) groups is 1. The number of nitrogens with one attached hydrogen (secondary N) is 1. The van der Waals surface area contributed by atoms with E-state index in [-0.39, 0.29) is 4.90 Å². The van der Waals surface area contributed by atoms with E-state index in [1.807, 2.05) is 4.90 Å². The number of benzene rings is 1. The summed E-state index contributed by atoms with van der Waals surface area (Å²) < 4.78 is 30.7. The summed E-state index contributed by atoms with van der Waals surface area (Å²) in [7, 11) is -2.01. The SMILES string of the molecule is CNS(=O)(=O)c1ccc(CN=C(N)N2CCOCC2)cc1. The van der Waals surface area contributed by atoms with Gasteiger partial charge in [-0.1, -0.05) is 12.1 Å². The number of nitrogens with zero attached hydrogens (tertiary/aromatic N) is 2. The largest absolute Gasteiger partial charge is 0.378 e. The molecule has 3 N–H and O–H groups in total. The Labute approximate surface area is 124 Å². The van der Waals surface area contributed by atoms with Gasteiger partial charge in [0.05, 0.1) is 24.7 Å². The first-order valence-electron chi connectivity index (χ1n) is 6.68. The number of nitrogens with two attached hydrogens (primary N) is 1. The molecule has 0 radical (unpaired) electrons. The molecule has 1 aliphatic rings. The van der Waals surface area contributed by atoms with E-state index >= 15 is 0 Å². The van der Waals surface area contributed by atoms with E-state index < -0.39 is 10.0 Å². The van der Waals surface area contributed by atoms with Crippen LogP contribution in [-0.4, -0.2) is 52.6 Å². The molecule has 1 heterocycles. The van der Waals surface area contributed by atoms with Crippen LogP contribution in [0.3, 0.4) is 0 Å². The molecule has 0 aromatic heterocycles. The van der Waals surface area contributed by atoms with Crippen molar-refractivity contribution in [2.75, 3.05) is 33.4 Å². The van der Waals surface area contributed by atoms with E-state index in [0.717, 1.165) is 18.7 Å². The second-order valence-electron chi connectivity index (χ2n) is 4.63. The second kappa shape index (κ2) is 6.88. The maximum Gasteiger partial charge on any atom is 0.240 e. The molecule has 7 nitrogen and oxygen atoms in total. The number of guanidine groups is 1. The van der Waals surface area contributed by atoms with Gasteiger partial charge in [-0.2, -0.15) is 0 Å². The molecule has 0 unspecified atom stereocenters. The van der Waals surface area contributed by atoms with E-state index in [9.17, 15) is 8.42 Å². The van der Waals surface area contributed by atoms with Gasteiger partial charge in [-0.05, 0) is 24.7 Å². The molecule has 1 aromatic carbocycles. The zero-order valence-corrected chi connectivity index (χ0v) is 12.8. The smallest absolute Gasteiger partial charge is 0.240 e. The number of rotatable bonds is 4. The van der Waals surface area contributed by atoms with Crippen LogP contribution in [0.4, 0.5) is 0 Å². The highest BCUT2D eigenvalue weighted by Crippen LogP contribution is 2.11. The monoisotopic (exact) mass is 312 g/mol. The molecule has 1 aromatic rings. The minimum atomic E-state index is -3.40. The van der Waals surface area contributed by atoms with Crippen molar-refractivity contribution in [1.29, 1.82) is 0 Å². The number of hydrogen-bond donors (Lipinski definition) is 2. The summed E-state index contributed by atoms with van der Waals surface area (Å²) >= 11 is 0. The summed E-state index contributed by atoms with van der Waals surface area (Å²) in [5.41, 5.74) is 6.84. The number of ether oxygens (including phenoxy) is 1. The second-order valence-corrected chi connectivity index (χ2v) is 6.51. The van der Waals surface area contributed by atoms with Crippen molar-refractivity contribution in [2.45, 2.75) is 11.4 Å². The predicted octanol–water partition coefficient (Wildman–Crippen LogP) is -0.258. The minimum absolute atomic E-state index is 0.235. The lowest BCUT2D eigenvalue weighted by Crippen LogP contribution is -2.44. The number of sulfonamides is 1. The Morgan fingerprint density at radius 1 is 1.33 bits per heavy atom. The van der Waals surface area contributed by atoms with Crippen LogP contribution in [0.1, 0.15) is 5.56 Å². The zero-order valence-electron chi connectivity index (χ0n) is 11.9. The first kappa shape index (κ1) is 15.7. The molecule has 0 spiro atoms. The molecule has 1 saturated heterocycles. The quantitative estimate of drug-likeness (QED) is 0.590. The summed E-state index contributed by atoms with van der Waals surface area (Å²) in [4.78, 5) is 6.54. The third-order valence-electron chi connectivity index (χ3n) is 3.26. The first-order valence-corrected chi connectivity index (χ1v) is 8.16. The summed E-state index contributed by atoms with van der Waals surface area (Å²) in [6.07, 6.45) is 0. The van der Waals surface area contributed by atoms with Crippen LogP contribution in [0, 0.1) is 0 Å². The Bertz CT molecular complexity index is 592. The van der Waals surface area contributed by atoms with Crippen molar-refractivity contribution in [3.05, 3.63) is 29.8 Å². The molecule has 1 aliphatic heterocycles. The molecule has 0 amide bonds. The summed E-state index contributed by atoms with van der Waals surface area (Å²) in [5.74, 6) is 0.491. The molecule has 8 heteroatoms. The van der Waals surface area contributed by atoms with Gasteiger partial charge in [0.15, 0.2) is 5.96 Å². The molecule has 0 aliphatic carbocycles. The van der Waals surface area contributed by atoms with E-state index in [2.05, 4.69) is 9.71 Å². The fraction of sp³-hybridized carbons (Fsp3) is 0.462. The van der Waals surface area contributed by atoms with Crippen LogP contribution < -0.4 is 10.5 Å². The molecular weight excluding hydrogens is 292 g/mol. The number of morpholine rings is 1. The van der Waals surface area contributed by atoms with Crippen LogP contribution in [0.25, 0.3) is 0 Å². The maximum atomic E-state index is 11.6. The van der Waals surface area contributed by atoms with Gasteiger partial charge in [0.25, 0.3) is 0 Å². The molecule has 21 heavy (non-hydrogen) atoms. The molecule has 1 fully saturated rings. The third kappa shape index (κ3) is 4.16. The summed E-state index contributed by atoms with van der Waals surface area (Å²) in [6.45, 7) is 3.23. The first-order chi connectivity index (χ1) is 10.0. The minimum Gasteiger partial charge on any atom is -0.378 e. The van der Waals surface area contributed by atoms with Crippen molar-refractivity contribution in [2.24, 2.45) is 10.7 Å². The summed E-state index contributed by atoms with van der Waals surface area (Å²) in [6, 6.07) is 6.59. The van der Waals surface area contributed by atoms with Crippen molar-refractivity contribution in [3.63, 3.8) is 0 Å². The van der Waals surface area contributed by atoms with Crippen molar-refractivity contribution in [1.82, 2.24) is 9.62 Å². The van der Waals surface area contributed by atoms with E-state index in [1.54, 1.807) is 24.3 Å². The topological polar surface area (TPSA) is 97.0 Å². The molecule has 0 bridgehead atoms. The fourth-order valence-corrected chi connectivity index (χ4v) is 2.69. The van der Waals surface area contributed by atoms with E-state index in [1.165, 1.54) is 7.05 Å². The third-order valence-corrected chi connectivity index (χ3v) is 4.69. The van der Waals surface area contributed by atoms with Crippen LogP contribution >= 0.6 is 0 Å². The number of hydrogen-bond acceptors (Lipinski definition) is 4. The Balaban J connectivity index is 2.00. The van der Waals surface area contributed by atoms with Crippen molar-refractivity contribution < 1.29 is 13.2 Å². The Morgan fingerprint density at radius 3 is 2.52 bits per heavy atom. The van der Waals surface area contributed by atoms with Crippen LogP contribution in [0.2, 0.25) is 0 Å². The van der Waals surface area contributed by atoms with Gasteiger partial charge in [0, 0.05) is 13.1 Å². The molecule has 0 saturated carbocycles. The van der Waals surface area contributed by atoms with Gasteiger partial charge >= 0.3 is 0 Å². The zero-order chi connectivity index (χ0) is 15.3. The van der Waals surface area contributed by atoms with Crippen molar-refractivity contribution in [3.8, 4) is 0 Å². The lowest BCUT2D eigenvalue weighted by Gasteiger charge is -2.27. The van der Waals surface area contributed by atoms with Gasteiger partial charge in [-0.25, -0.2) is 18.1 Å². The Morgan fingerprint density at radius 2 is 1.95 bits per heavy atom. The molecule has 2 rings (SSSR count). The van der Waals surface area contributed by atoms with Gasteiger partial charge in [-0.15, -0.1) is 0 Å². The molecular formula is C13H20N4O3S. The van der Waals surface area contributed by atoms with E-state index in [4.69, 9.17) is 10.5 Å². The standard InChI is InChI=1S/C13H20N4O3S/c1-15-21(18,19)12-4-2-11(3-5-12)10-16-13(14)17-6-8-20-9-7-17/h2-5,15H,6-10H2,1H3,(H2,14,16). The van der Waals surface area contributed by atoms with Gasteiger partial charge in [-0.3, -0.25) is 0 Å². The maximum absolute atomic E-state index is 11.6. The average Bonchev–Trinajstić information content (AvgIpc) is 2.54. The Kier molecular flexibility index (Phi) is 5.16. The Hall–Kier alpha value is -1.64. The van der Waals surface area contributed by atoms with Crippen LogP contribution in [-0.2, 0) is 21.3 Å². The lowest BCUT2D eigenvalue weighted by atomic mass is 10.2. The van der Waals surface area contributed by atoms with Gasteiger partial charge in [0.1, 0.15) is 0 Å². The van der Waals surface area contributed by atoms with Crippen LogP contribution in [0.5, 0.6) is 0 Å². The molecule has 0 atom stereocenters. The highest BCUT2D eigenvalue weighted by molar-refractivity contribution is 7.89. The highest BCUT2D eigenvalue weighted by Gasteiger charge is 2.12. The normalized spacial score (nSPS) is 17.0. The van der Waals surface area contributed by atoms with Gasteiger partial charge in [0.2, 0.25) is 10.0 Å². The highest BCUT2D eigenvalue weighted by atomic mass is 32.2. The average molecular weight is 312 g/mol.